The average Bonchev–Trinajstić information content (AvgIpc) is 3.32. The van der Waals surface area contributed by atoms with Gasteiger partial charge in [-0.1, -0.05) is 12.1 Å². The highest BCUT2D eigenvalue weighted by molar-refractivity contribution is 5.88. The van der Waals surface area contributed by atoms with Crippen LogP contribution >= 0.6 is 0 Å². The van der Waals surface area contributed by atoms with Crippen LogP contribution in [0.25, 0.3) is 40.0 Å². The molecule has 0 aliphatic heterocycles. The predicted molar refractivity (Wildman–Crippen MR) is 127 cm³/mol. The second-order valence-electron chi connectivity index (χ2n) is 7.52. The van der Waals surface area contributed by atoms with Gasteiger partial charge in [0.05, 0.1) is 34.0 Å². The summed E-state index contributed by atoms with van der Waals surface area (Å²) in [7, 11) is 0. The van der Waals surface area contributed by atoms with Crippen LogP contribution in [0.1, 0.15) is 21.7 Å². The summed E-state index contributed by atoms with van der Waals surface area (Å²) in [5, 5.41) is 16.6. The number of nitrogens with one attached hydrogen (secondary N) is 1. The molecule has 2 aromatic heterocycles. The lowest BCUT2D eigenvalue weighted by Crippen LogP contribution is -2.22. The summed E-state index contributed by atoms with van der Waals surface area (Å²) >= 11 is 0. The number of aromatic nitrogens is 4. The number of aromatic carboxylic acids is 1. The van der Waals surface area contributed by atoms with Crippen molar-refractivity contribution in [2.45, 2.75) is 0 Å². The summed E-state index contributed by atoms with van der Waals surface area (Å²) < 4.78 is 14.8. The molecule has 0 saturated heterocycles. The predicted octanol–water partition coefficient (Wildman–Crippen LogP) is 4.78. The van der Waals surface area contributed by atoms with Gasteiger partial charge in [-0.25, -0.2) is 14.2 Å². The van der Waals surface area contributed by atoms with E-state index in [0.717, 1.165) is 11.1 Å². The van der Waals surface area contributed by atoms with Crippen molar-refractivity contribution < 1.29 is 14.3 Å². The van der Waals surface area contributed by atoms with Gasteiger partial charge in [-0.2, -0.15) is 5.10 Å². The number of halogens is 1. The van der Waals surface area contributed by atoms with E-state index in [1.54, 1.807) is 66.9 Å². The number of hydrogen-bond acceptors (Lipinski definition) is 4. The van der Waals surface area contributed by atoms with E-state index >= 15 is 0 Å². The first-order valence-corrected chi connectivity index (χ1v) is 10.3. The highest BCUT2D eigenvalue weighted by Gasteiger charge is 2.13. The number of nitrogens with zero attached hydrogens (tertiary/aromatic N) is 3. The van der Waals surface area contributed by atoms with Crippen molar-refractivity contribution in [1.29, 1.82) is 0 Å². The fraction of sp³-hybridized carbons (Fsp3) is 0. The van der Waals surface area contributed by atoms with Crippen molar-refractivity contribution in [1.82, 2.24) is 19.7 Å². The summed E-state index contributed by atoms with van der Waals surface area (Å²) in [6, 6.07) is 19.1. The Hall–Kier alpha value is -4.85. The molecule has 0 aliphatic carbocycles. The van der Waals surface area contributed by atoms with Crippen LogP contribution in [0.3, 0.4) is 0 Å². The van der Waals surface area contributed by atoms with Crippen molar-refractivity contribution in [2.75, 3.05) is 0 Å². The molecule has 7 nitrogen and oxygen atoms in total. The molecule has 0 fully saturated rings. The van der Waals surface area contributed by atoms with Gasteiger partial charge in [-0.05, 0) is 72.8 Å². The lowest BCUT2D eigenvalue weighted by Gasteiger charge is -2.11. The molecule has 0 radical (unpaired) electrons. The number of carbonyl (C=O) groups is 1. The molecular weight excluding hydrogens is 435 g/mol. The number of benzene rings is 3. The maximum Gasteiger partial charge on any atom is 0.335 e. The molecule has 0 aliphatic rings. The molecule has 34 heavy (non-hydrogen) atoms. The van der Waals surface area contributed by atoms with E-state index in [1.165, 1.54) is 28.8 Å². The van der Waals surface area contributed by atoms with E-state index < -0.39 is 5.97 Å². The van der Waals surface area contributed by atoms with Gasteiger partial charge < -0.3 is 5.11 Å². The first-order chi connectivity index (χ1) is 16.5. The fourth-order valence-electron chi connectivity index (χ4n) is 3.70. The molecule has 166 valence electrons. The van der Waals surface area contributed by atoms with Crippen LogP contribution in [0.4, 0.5) is 4.39 Å². The Bertz CT molecular complexity index is 1600. The molecule has 3 aromatic carbocycles. The van der Waals surface area contributed by atoms with Crippen LogP contribution in [-0.4, -0.2) is 30.8 Å². The standard InChI is InChI=1S/C26H17FN4O3/c27-19-10-5-16(6-11-19)24-18(15-28-30-24)9-14-23-29-22-4-2-1-3-21(22)25(32)31(23)20-12-7-17(8-13-20)26(33)34/h1-15H,(H,28,30)(H,33,34). The number of fused-ring (bicyclic) bond motifs is 1. The van der Waals surface area contributed by atoms with E-state index in [-0.39, 0.29) is 16.9 Å². The van der Waals surface area contributed by atoms with Crippen LogP contribution in [-0.2, 0) is 0 Å². The first kappa shape index (κ1) is 21.0. The lowest BCUT2D eigenvalue weighted by atomic mass is 10.1. The van der Waals surface area contributed by atoms with Gasteiger partial charge in [0, 0.05) is 11.1 Å². The second kappa shape index (κ2) is 8.59. The normalized spacial score (nSPS) is 11.3. The highest BCUT2D eigenvalue weighted by atomic mass is 19.1. The summed E-state index contributed by atoms with van der Waals surface area (Å²) in [5.41, 5.74) is 3.03. The molecule has 5 rings (SSSR count). The summed E-state index contributed by atoms with van der Waals surface area (Å²) in [4.78, 5) is 29.3. The van der Waals surface area contributed by atoms with Crippen molar-refractivity contribution >= 4 is 29.0 Å². The molecule has 0 amide bonds. The van der Waals surface area contributed by atoms with Gasteiger partial charge in [-0.3, -0.25) is 14.5 Å². The molecule has 0 bridgehead atoms. The van der Waals surface area contributed by atoms with Crippen molar-refractivity contribution in [2.24, 2.45) is 0 Å². The number of carboxylic acids is 1. The average molecular weight is 452 g/mol. The highest BCUT2D eigenvalue weighted by Crippen LogP contribution is 2.23. The fourth-order valence-corrected chi connectivity index (χ4v) is 3.70. The molecule has 8 heteroatoms. The van der Waals surface area contributed by atoms with Crippen LogP contribution in [0, 0.1) is 5.82 Å². The molecule has 2 heterocycles. The largest absolute Gasteiger partial charge is 0.478 e. The molecule has 0 spiro atoms. The number of H-pyrrole nitrogens is 1. The lowest BCUT2D eigenvalue weighted by molar-refractivity contribution is 0.0697. The van der Waals surface area contributed by atoms with Gasteiger partial charge in [0.25, 0.3) is 5.56 Å². The molecular formula is C26H17FN4O3. The van der Waals surface area contributed by atoms with Crippen molar-refractivity contribution in [3.63, 3.8) is 0 Å². The van der Waals surface area contributed by atoms with Gasteiger partial charge in [0.2, 0.25) is 0 Å². The van der Waals surface area contributed by atoms with Gasteiger partial charge in [-0.15, -0.1) is 0 Å². The van der Waals surface area contributed by atoms with Crippen LogP contribution < -0.4 is 5.56 Å². The number of para-hydroxylation sites is 1. The Morgan fingerprint density at radius 2 is 1.71 bits per heavy atom. The topological polar surface area (TPSA) is 101 Å². The monoisotopic (exact) mass is 452 g/mol. The molecule has 0 unspecified atom stereocenters. The Labute approximate surface area is 192 Å². The van der Waals surface area contributed by atoms with Crippen LogP contribution in [0.5, 0.6) is 0 Å². The zero-order chi connectivity index (χ0) is 23.7. The minimum absolute atomic E-state index is 0.116. The number of aromatic amines is 1. The third-order valence-electron chi connectivity index (χ3n) is 5.39. The van der Waals surface area contributed by atoms with E-state index in [1.807, 2.05) is 0 Å². The van der Waals surface area contributed by atoms with Gasteiger partial charge in [0.1, 0.15) is 11.6 Å². The van der Waals surface area contributed by atoms with Gasteiger partial charge in [0.15, 0.2) is 0 Å². The summed E-state index contributed by atoms with van der Waals surface area (Å²) in [5.74, 6) is -1.03. The minimum Gasteiger partial charge on any atom is -0.478 e. The van der Waals surface area contributed by atoms with Crippen molar-refractivity contribution in [3.05, 3.63) is 112 Å². The SMILES string of the molecule is O=C(O)c1ccc(-n2c(C=Cc3cn[nH]c3-c3ccc(F)cc3)nc3ccccc3c2=O)cc1. The van der Waals surface area contributed by atoms with Gasteiger partial charge >= 0.3 is 5.97 Å². The second-order valence-corrected chi connectivity index (χ2v) is 7.52. The Balaban J connectivity index is 1.64. The van der Waals surface area contributed by atoms with E-state index in [0.29, 0.717) is 28.1 Å². The zero-order valence-corrected chi connectivity index (χ0v) is 17.6. The van der Waals surface area contributed by atoms with Crippen LogP contribution in [0.2, 0.25) is 0 Å². The van der Waals surface area contributed by atoms with Crippen LogP contribution in [0.15, 0.2) is 83.8 Å². The number of carboxylic acid groups (broad SMARTS) is 1. The first-order valence-electron chi connectivity index (χ1n) is 10.3. The third kappa shape index (κ3) is 3.88. The summed E-state index contributed by atoms with van der Waals surface area (Å²) in [6.45, 7) is 0. The molecule has 0 atom stereocenters. The minimum atomic E-state index is -1.05. The Kier molecular flexibility index (Phi) is 5.31. The Morgan fingerprint density at radius 1 is 0.971 bits per heavy atom. The smallest absolute Gasteiger partial charge is 0.335 e. The van der Waals surface area contributed by atoms with E-state index in [2.05, 4.69) is 15.2 Å². The maximum atomic E-state index is 13.4. The quantitative estimate of drug-likeness (QED) is 0.400. The maximum absolute atomic E-state index is 13.4. The zero-order valence-electron chi connectivity index (χ0n) is 17.6. The van der Waals surface area contributed by atoms with E-state index in [4.69, 9.17) is 0 Å². The van der Waals surface area contributed by atoms with Crippen molar-refractivity contribution in [3.8, 4) is 16.9 Å². The molecule has 2 N–H and O–H groups in total. The number of rotatable bonds is 5. The third-order valence-corrected chi connectivity index (χ3v) is 5.39. The number of hydrogen-bond donors (Lipinski definition) is 2. The summed E-state index contributed by atoms with van der Waals surface area (Å²) in [6.07, 6.45) is 5.08. The molecule has 0 saturated carbocycles. The molecule has 5 aromatic rings. The Morgan fingerprint density at radius 3 is 2.44 bits per heavy atom. The van der Waals surface area contributed by atoms with E-state index in [9.17, 15) is 19.1 Å².